The van der Waals surface area contributed by atoms with Crippen LogP contribution in [-0.2, 0) is 13.6 Å². The molecule has 3 atom stereocenters. The Morgan fingerprint density at radius 1 is 1.10 bits per heavy atom. The number of imidazole rings is 1. The number of carbonyl (C=O) groups excluding carboxylic acids is 1. The Labute approximate surface area is 249 Å². The van der Waals surface area contributed by atoms with Gasteiger partial charge in [0.05, 0.1) is 42.6 Å². The Morgan fingerprint density at radius 2 is 1.83 bits per heavy atom. The van der Waals surface area contributed by atoms with Crippen molar-refractivity contribution in [1.29, 1.82) is 0 Å². The molecule has 224 valence electrons. The van der Waals surface area contributed by atoms with E-state index < -0.39 is 8.56 Å². The number of ether oxygens (including phenoxy) is 1. The summed E-state index contributed by atoms with van der Waals surface area (Å²) in [5.41, 5.74) is 4.09. The third-order valence-corrected chi connectivity index (χ3v) is 9.80. The van der Waals surface area contributed by atoms with E-state index in [1.54, 1.807) is 25.6 Å². The third kappa shape index (κ3) is 6.85. The number of amides is 1. The molecule has 2 aliphatic rings. The molecule has 1 aromatic heterocycles. The van der Waals surface area contributed by atoms with Crippen molar-refractivity contribution in [2.75, 3.05) is 7.11 Å². The van der Waals surface area contributed by atoms with Crippen molar-refractivity contribution in [3.05, 3.63) is 83.2 Å². The second kappa shape index (κ2) is 11.8. The third-order valence-electron chi connectivity index (χ3n) is 7.80. The highest BCUT2D eigenvalue weighted by atomic mass is 28.4. The number of piperidine rings is 2. The van der Waals surface area contributed by atoms with Crippen molar-refractivity contribution < 1.29 is 22.8 Å². The van der Waals surface area contributed by atoms with Gasteiger partial charge in [0.15, 0.2) is 0 Å². The maximum atomic E-state index is 14.1. The van der Waals surface area contributed by atoms with Gasteiger partial charge in [-0.05, 0) is 108 Å². The lowest BCUT2D eigenvalue weighted by Crippen LogP contribution is -2.55. The monoisotopic (exact) mass is 591 g/mol. The van der Waals surface area contributed by atoms with Crippen LogP contribution in [0, 0.1) is 12.7 Å². The summed E-state index contributed by atoms with van der Waals surface area (Å²) in [5, 5.41) is 0. The Bertz CT molecular complexity index is 1460. The van der Waals surface area contributed by atoms with Crippen molar-refractivity contribution in [3.63, 3.8) is 0 Å². The number of aryl methyl sites for hydroxylation is 1. The van der Waals surface area contributed by atoms with Gasteiger partial charge in [0.25, 0.3) is 5.91 Å². The predicted molar refractivity (Wildman–Crippen MR) is 164 cm³/mol. The fourth-order valence-electron chi connectivity index (χ4n) is 6.42. The second-order valence-corrected chi connectivity index (χ2v) is 16.1. The number of hydrogen-bond acceptors (Lipinski definition) is 5. The van der Waals surface area contributed by atoms with Crippen LogP contribution in [-0.4, -0.2) is 53.8 Å². The zero-order chi connectivity index (χ0) is 30.2. The minimum absolute atomic E-state index is 0.0229. The average Bonchev–Trinajstić information content (AvgIpc) is 3.34. The molecule has 2 saturated heterocycles. The second-order valence-electron chi connectivity index (χ2n) is 12.8. The molecular formula is C33H42FN3O4Si. The number of halogens is 1. The normalized spacial score (nSPS) is 22.4. The summed E-state index contributed by atoms with van der Waals surface area (Å²) < 4.78 is 34.5. The van der Waals surface area contributed by atoms with E-state index >= 15 is 0 Å². The summed E-state index contributed by atoms with van der Waals surface area (Å²) in [5.74, 6) is 0.434. The van der Waals surface area contributed by atoms with Crippen LogP contribution in [0.15, 0.2) is 60.6 Å². The summed E-state index contributed by atoms with van der Waals surface area (Å²) in [6, 6.07) is 12.3. The Kier molecular flexibility index (Phi) is 8.47. The quantitative estimate of drug-likeness (QED) is 0.216. The molecule has 3 aromatic rings. The summed E-state index contributed by atoms with van der Waals surface area (Å²) >= 11 is 0. The van der Waals surface area contributed by atoms with E-state index in [0.717, 1.165) is 40.9 Å². The molecule has 0 bridgehead atoms. The molecule has 7 nitrogen and oxygen atoms in total. The van der Waals surface area contributed by atoms with Crippen molar-refractivity contribution in [2.24, 2.45) is 0 Å². The molecule has 0 radical (unpaired) electrons. The summed E-state index contributed by atoms with van der Waals surface area (Å²) in [4.78, 5) is 20.5. The SMILES string of the molecule is COc1cc(/C=C2\CC[C@@H]3C[C@H](O[Si](C)(C)OC(C)(C)C)C[C@@H](c4ccc(F)cc4)N3C2=O)ccc1-n1cnc(C)c1. The number of aromatic nitrogens is 2. The van der Waals surface area contributed by atoms with Gasteiger partial charge in [-0.15, -0.1) is 0 Å². The van der Waals surface area contributed by atoms with Crippen LogP contribution in [0.25, 0.3) is 11.8 Å². The van der Waals surface area contributed by atoms with Gasteiger partial charge < -0.3 is 23.1 Å². The van der Waals surface area contributed by atoms with Gasteiger partial charge in [0.2, 0.25) is 0 Å². The standard InChI is InChI=1S/C33H42FN3O4Si/c1-22-20-36(21-35-22)29-15-8-23(17-31(29)39-5)16-25-11-14-27-18-28(40-42(6,7)41-33(2,3)4)19-30(37(27)32(25)38)24-9-12-26(34)13-10-24/h8-10,12-13,15-17,20-21,27-28,30H,11,14,18-19H2,1-7H3/b25-16+/t27-,28+,30+/m1/s1. The predicted octanol–water partition coefficient (Wildman–Crippen LogP) is 7.14. The molecule has 5 rings (SSSR count). The molecule has 2 aliphatic heterocycles. The van der Waals surface area contributed by atoms with Crippen LogP contribution in [0.1, 0.15) is 69.3 Å². The largest absolute Gasteiger partial charge is 0.495 e. The highest BCUT2D eigenvalue weighted by Gasteiger charge is 2.45. The van der Waals surface area contributed by atoms with Gasteiger partial charge >= 0.3 is 8.56 Å². The number of benzene rings is 2. The number of methoxy groups -OCH3 is 1. The topological polar surface area (TPSA) is 65.8 Å². The maximum absolute atomic E-state index is 14.1. The smallest absolute Gasteiger partial charge is 0.332 e. The van der Waals surface area contributed by atoms with Crippen LogP contribution in [0.3, 0.4) is 0 Å². The first-order chi connectivity index (χ1) is 19.8. The van der Waals surface area contributed by atoms with Crippen LogP contribution < -0.4 is 4.74 Å². The number of rotatable bonds is 7. The van der Waals surface area contributed by atoms with E-state index in [1.807, 2.05) is 67.6 Å². The minimum atomic E-state index is -2.43. The molecule has 2 fully saturated rings. The van der Waals surface area contributed by atoms with Gasteiger partial charge in [-0.2, -0.15) is 0 Å². The van der Waals surface area contributed by atoms with Gasteiger partial charge in [-0.25, -0.2) is 9.37 Å². The first-order valence-corrected chi connectivity index (χ1v) is 17.5. The minimum Gasteiger partial charge on any atom is -0.495 e. The summed E-state index contributed by atoms with van der Waals surface area (Å²) in [6.45, 7) is 12.2. The first kappa shape index (κ1) is 30.2. The number of carbonyl (C=O) groups is 1. The van der Waals surface area contributed by atoms with Gasteiger partial charge in [-0.1, -0.05) is 18.2 Å². The van der Waals surface area contributed by atoms with Crippen LogP contribution in [0.2, 0.25) is 13.1 Å². The number of nitrogens with zero attached hydrogens (tertiary/aromatic N) is 3. The van der Waals surface area contributed by atoms with Gasteiger partial charge in [0, 0.05) is 17.8 Å². The zero-order valence-electron chi connectivity index (χ0n) is 25.7. The molecule has 1 amide bonds. The van der Waals surface area contributed by atoms with Crippen LogP contribution in [0.5, 0.6) is 5.75 Å². The van der Waals surface area contributed by atoms with E-state index in [9.17, 15) is 9.18 Å². The van der Waals surface area contributed by atoms with E-state index in [1.165, 1.54) is 12.1 Å². The lowest BCUT2D eigenvalue weighted by Gasteiger charge is -2.49. The molecule has 0 N–H and O–H groups in total. The molecule has 0 aliphatic carbocycles. The van der Waals surface area contributed by atoms with Gasteiger partial charge in [0.1, 0.15) is 11.6 Å². The highest BCUT2D eigenvalue weighted by Crippen LogP contribution is 2.43. The Hall–Kier alpha value is -3.27. The van der Waals surface area contributed by atoms with E-state index in [0.29, 0.717) is 18.6 Å². The zero-order valence-corrected chi connectivity index (χ0v) is 26.7. The molecule has 0 spiro atoms. The van der Waals surface area contributed by atoms with Crippen LogP contribution >= 0.6 is 0 Å². The fourth-order valence-corrected chi connectivity index (χ4v) is 8.93. The molecule has 0 unspecified atom stereocenters. The summed E-state index contributed by atoms with van der Waals surface area (Å²) in [7, 11) is -0.788. The van der Waals surface area contributed by atoms with Crippen LogP contribution in [0.4, 0.5) is 4.39 Å². The highest BCUT2D eigenvalue weighted by molar-refractivity contribution is 6.64. The van der Waals surface area contributed by atoms with Crippen molar-refractivity contribution >= 4 is 20.5 Å². The average molecular weight is 592 g/mol. The Balaban J connectivity index is 1.42. The van der Waals surface area contributed by atoms with E-state index in [-0.39, 0.29) is 35.5 Å². The van der Waals surface area contributed by atoms with Crippen molar-refractivity contribution in [1.82, 2.24) is 14.5 Å². The van der Waals surface area contributed by atoms with E-state index in [2.05, 4.69) is 18.1 Å². The fraction of sp³-hybridized carbons (Fsp3) is 0.455. The van der Waals surface area contributed by atoms with Crippen molar-refractivity contribution in [3.8, 4) is 11.4 Å². The van der Waals surface area contributed by atoms with Crippen molar-refractivity contribution in [2.45, 2.75) is 90.3 Å². The molecule has 2 aromatic carbocycles. The first-order valence-electron chi connectivity index (χ1n) is 14.7. The lowest BCUT2D eigenvalue weighted by molar-refractivity contribution is -0.139. The molecule has 42 heavy (non-hydrogen) atoms. The van der Waals surface area contributed by atoms with E-state index in [4.69, 9.17) is 13.6 Å². The number of fused-ring (bicyclic) bond motifs is 1. The summed E-state index contributed by atoms with van der Waals surface area (Å²) in [6.07, 6.45) is 8.54. The number of hydrogen-bond donors (Lipinski definition) is 0. The lowest BCUT2D eigenvalue weighted by atomic mass is 9.82. The molecule has 0 saturated carbocycles. The molecule has 9 heteroatoms. The Morgan fingerprint density at radius 3 is 2.48 bits per heavy atom. The molecular weight excluding hydrogens is 549 g/mol. The van der Waals surface area contributed by atoms with Gasteiger partial charge in [-0.3, -0.25) is 4.79 Å². The maximum Gasteiger partial charge on any atom is 0.332 e. The molecule has 3 heterocycles.